The van der Waals surface area contributed by atoms with E-state index in [4.69, 9.17) is 20.6 Å². The number of aryl methyl sites for hydroxylation is 1. The fourth-order valence-corrected chi connectivity index (χ4v) is 5.63. The van der Waals surface area contributed by atoms with Crippen LogP contribution in [0.4, 0.5) is 16.0 Å². The Bertz CT molecular complexity index is 2180. The average Bonchev–Trinajstić information content (AvgIpc) is 3.53. The van der Waals surface area contributed by atoms with Crippen LogP contribution in [0, 0.1) is 18.2 Å². The Balaban J connectivity index is 0.000000434. The van der Waals surface area contributed by atoms with Crippen LogP contribution < -0.4 is 20.5 Å². The molecule has 4 heterocycles. The summed E-state index contributed by atoms with van der Waals surface area (Å²) in [7, 11) is 0. The molecule has 59 heavy (non-hydrogen) atoms. The van der Waals surface area contributed by atoms with Crippen molar-refractivity contribution >= 4 is 41.0 Å². The van der Waals surface area contributed by atoms with Crippen LogP contribution in [0.1, 0.15) is 75.9 Å². The van der Waals surface area contributed by atoms with Gasteiger partial charge in [-0.2, -0.15) is 0 Å². The van der Waals surface area contributed by atoms with Gasteiger partial charge in [-0.15, -0.1) is 5.06 Å². The highest BCUT2D eigenvalue weighted by molar-refractivity contribution is 6.16. The number of likely N-dealkylation sites (tertiary alicyclic amines) is 1. The zero-order chi connectivity index (χ0) is 43.2. The van der Waals surface area contributed by atoms with Crippen molar-refractivity contribution in [3.63, 3.8) is 0 Å². The molecule has 16 nitrogen and oxygen atoms in total. The van der Waals surface area contributed by atoms with E-state index in [1.54, 1.807) is 61.5 Å². The molecular weight excluding hydrogens is 762 g/mol. The van der Waals surface area contributed by atoms with Gasteiger partial charge in [0.15, 0.2) is 0 Å². The van der Waals surface area contributed by atoms with E-state index in [0.717, 1.165) is 18.4 Å². The van der Waals surface area contributed by atoms with Gasteiger partial charge in [0.25, 0.3) is 11.8 Å². The first kappa shape index (κ1) is 44.7. The van der Waals surface area contributed by atoms with Crippen molar-refractivity contribution in [2.24, 2.45) is 0 Å². The summed E-state index contributed by atoms with van der Waals surface area (Å²) in [5.74, 6) is -0.115. The molecule has 1 unspecified atom stereocenters. The standard InChI is InChI=1S/C32H33FN8O3.C8H9NO4.C2H6/c1-19(2)32(42)41-10-4-5-24(16-41)40-31-28(30(35)38-18-39-31)29(34)22-6-8-25(9-7-22)44-27-12-23(33)11-26(13-27)43-17-21-14-36-20(3)37-15-21;1-5(2)8(12)13-9-6(10)3-4-7(9)11;1-2/h6-9,11-15,18,24,34H,1,4-5,10,16-17H2,2-3H3,(H3,35,38,39,40);1,3-4H2,2H3;1-2H3. The van der Waals surface area contributed by atoms with Crippen molar-refractivity contribution in [1.82, 2.24) is 29.9 Å². The molecule has 310 valence electrons. The molecule has 2 saturated heterocycles. The number of hydrogen-bond donors (Lipinski definition) is 3. The lowest BCUT2D eigenvalue weighted by atomic mass is 10.0. The molecule has 0 bridgehead atoms. The lowest BCUT2D eigenvalue weighted by Gasteiger charge is -2.34. The van der Waals surface area contributed by atoms with Gasteiger partial charge in [-0.05, 0) is 57.9 Å². The molecule has 0 spiro atoms. The number of nitrogens with zero attached hydrogens (tertiary/aromatic N) is 6. The molecule has 2 aromatic carbocycles. The summed E-state index contributed by atoms with van der Waals surface area (Å²) in [5.41, 5.74) is 8.63. The number of rotatable bonds is 12. The van der Waals surface area contributed by atoms with Crippen LogP contribution in [0.15, 0.2) is 85.5 Å². The third-order valence-electron chi connectivity index (χ3n) is 8.53. The summed E-state index contributed by atoms with van der Waals surface area (Å²) in [6.07, 6.45) is 6.51. The molecule has 0 aliphatic carbocycles. The van der Waals surface area contributed by atoms with Crippen molar-refractivity contribution in [2.45, 2.75) is 73.0 Å². The Morgan fingerprint density at radius 3 is 2.22 bits per heavy atom. The molecule has 4 N–H and O–H groups in total. The van der Waals surface area contributed by atoms with E-state index in [9.17, 15) is 23.6 Å². The molecule has 17 heteroatoms. The monoisotopic (exact) mass is 809 g/mol. The minimum atomic E-state index is -0.761. The topological polar surface area (TPSA) is 216 Å². The van der Waals surface area contributed by atoms with Crippen LogP contribution in [0.2, 0.25) is 0 Å². The van der Waals surface area contributed by atoms with E-state index in [2.05, 4.69) is 43.2 Å². The fourth-order valence-electron chi connectivity index (χ4n) is 5.63. The molecule has 2 aromatic heterocycles. The molecule has 0 radical (unpaired) electrons. The van der Waals surface area contributed by atoms with E-state index < -0.39 is 23.6 Å². The Morgan fingerprint density at radius 2 is 1.59 bits per heavy atom. The maximum atomic E-state index is 14.3. The molecule has 4 aromatic rings. The smallest absolute Gasteiger partial charge is 0.359 e. The number of nitrogen functional groups attached to an aromatic ring is 1. The first-order valence-electron chi connectivity index (χ1n) is 18.8. The van der Waals surface area contributed by atoms with Gasteiger partial charge >= 0.3 is 5.97 Å². The number of nitrogens with two attached hydrogens (primary N) is 1. The number of aromatic nitrogens is 4. The van der Waals surface area contributed by atoms with Gasteiger partial charge in [-0.25, -0.2) is 29.1 Å². The van der Waals surface area contributed by atoms with E-state index in [1.807, 2.05) is 13.8 Å². The number of hydroxylamine groups is 2. The van der Waals surface area contributed by atoms with E-state index >= 15 is 0 Å². The number of hydrogen-bond acceptors (Lipinski definition) is 14. The molecule has 2 aliphatic rings. The number of amides is 3. The lowest BCUT2D eigenvalue weighted by molar-refractivity contribution is -0.194. The Hall–Kier alpha value is -7.04. The molecule has 0 saturated carbocycles. The summed E-state index contributed by atoms with van der Waals surface area (Å²) in [5, 5.41) is 12.8. The number of ether oxygens (including phenoxy) is 2. The normalized spacial score (nSPS) is 14.5. The maximum absolute atomic E-state index is 14.3. The number of nitrogens with one attached hydrogen (secondary N) is 2. The van der Waals surface area contributed by atoms with Crippen molar-refractivity contribution in [3.05, 3.63) is 114 Å². The fraction of sp³-hybridized carbons (Fsp3) is 0.310. The largest absolute Gasteiger partial charge is 0.489 e. The number of anilines is 2. The van der Waals surface area contributed by atoms with E-state index in [1.165, 1.54) is 25.4 Å². The number of halogens is 1. The van der Waals surface area contributed by atoms with Crippen LogP contribution in [0.3, 0.4) is 0 Å². The van der Waals surface area contributed by atoms with E-state index in [0.29, 0.717) is 58.0 Å². The Morgan fingerprint density at radius 1 is 0.949 bits per heavy atom. The number of imide groups is 1. The highest BCUT2D eigenvalue weighted by atomic mass is 19.1. The lowest BCUT2D eigenvalue weighted by Crippen LogP contribution is -2.45. The first-order chi connectivity index (χ1) is 28.2. The number of carbonyl (C=O) groups is 4. The zero-order valence-electron chi connectivity index (χ0n) is 33.7. The minimum Gasteiger partial charge on any atom is -0.489 e. The van der Waals surface area contributed by atoms with Gasteiger partial charge in [-0.3, -0.25) is 19.8 Å². The second kappa shape index (κ2) is 20.9. The average molecular weight is 810 g/mol. The van der Waals surface area contributed by atoms with Crippen molar-refractivity contribution < 1.29 is 37.9 Å². The van der Waals surface area contributed by atoms with Crippen molar-refractivity contribution in [3.8, 4) is 17.2 Å². The van der Waals surface area contributed by atoms with Crippen LogP contribution >= 0.6 is 0 Å². The van der Waals surface area contributed by atoms with Gasteiger partial charge in [0.05, 0.1) is 11.3 Å². The molecule has 1 atom stereocenters. The SMILES string of the molecule is C=C(C)C(=O)N1CCCC(Nc2ncnc(N)c2C(=N)c2ccc(Oc3cc(F)cc(OCc4cnc(C)nc4)c3)cc2)C1.C=C(C)C(=O)ON1C(=O)CCC1=O.CC. The van der Waals surface area contributed by atoms with E-state index in [-0.39, 0.29) is 54.2 Å². The quantitative estimate of drug-likeness (QED) is 0.0820. The van der Waals surface area contributed by atoms with Crippen LogP contribution in [0.25, 0.3) is 0 Å². The summed E-state index contributed by atoms with van der Waals surface area (Å²) in [4.78, 5) is 68.3. The van der Waals surface area contributed by atoms with Gasteiger partial charge in [0.1, 0.15) is 53.5 Å². The van der Waals surface area contributed by atoms with Crippen molar-refractivity contribution in [2.75, 3.05) is 24.1 Å². The minimum absolute atomic E-state index is 0.0750. The first-order valence-corrected chi connectivity index (χ1v) is 18.8. The van der Waals surface area contributed by atoms with Gasteiger partial charge in [-0.1, -0.05) is 27.0 Å². The summed E-state index contributed by atoms with van der Waals surface area (Å²) in [6, 6.07) is 10.8. The van der Waals surface area contributed by atoms with Crippen LogP contribution in [0.5, 0.6) is 17.2 Å². The molecule has 2 aliphatic heterocycles. The molecular formula is C42H48FN9O7. The highest BCUT2D eigenvalue weighted by Crippen LogP contribution is 2.29. The second-order valence-corrected chi connectivity index (χ2v) is 13.3. The highest BCUT2D eigenvalue weighted by Gasteiger charge is 2.33. The van der Waals surface area contributed by atoms with Gasteiger partial charge in [0.2, 0.25) is 5.91 Å². The summed E-state index contributed by atoms with van der Waals surface area (Å²) in [6.45, 7) is 17.4. The third kappa shape index (κ3) is 12.5. The Kier molecular flexibility index (Phi) is 15.8. The maximum Gasteiger partial charge on any atom is 0.359 e. The predicted molar refractivity (Wildman–Crippen MR) is 218 cm³/mol. The predicted octanol–water partition coefficient (Wildman–Crippen LogP) is 6.26. The number of benzene rings is 2. The zero-order valence-corrected chi connectivity index (χ0v) is 33.7. The van der Waals surface area contributed by atoms with Crippen LogP contribution in [-0.2, 0) is 30.6 Å². The summed E-state index contributed by atoms with van der Waals surface area (Å²) < 4.78 is 25.9. The Labute approximate surface area is 341 Å². The molecule has 6 rings (SSSR count). The van der Waals surface area contributed by atoms with Crippen LogP contribution in [-0.4, -0.2) is 78.4 Å². The molecule has 3 amide bonds. The molecule has 2 fully saturated rings. The number of piperidine rings is 1. The summed E-state index contributed by atoms with van der Waals surface area (Å²) >= 11 is 0. The van der Waals surface area contributed by atoms with Gasteiger partial charge < -0.3 is 30.3 Å². The second-order valence-electron chi connectivity index (χ2n) is 13.3. The third-order valence-corrected chi connectivity index (χ3v) is 8.53. The number of carbonyl (C=O) groups excluding carboxylic acids is 4. The van der Waals surface area contributed by atoms with Crippen molar-refractivity contribution in [1.29, 1.82) is 5.41 Å². The van der Waals surface area contributed by atoms with Gasteiger partial charge in [0, 0.05) is 84.8 Å².